The Balaban J connectivity index is 1.96. The Kier molecular flexibility index (Phi) is 5.06. The van der Waals surface area contributed by atoms with Crippen molar-refractivity contribution in [2.45, 2.75) is 51.6 Å². The lowest BCUT2D eigenvalue weighted by Gasteiger charge is -2.22. The van der Waals surface area contributed by atoms with Crippen LogP contribution in [0.3, 0.4) is 0 Å². The van der Waals surface area contributed by atoms with Crippen LogP contribution in [0.15, 0.2) is 30.5 Å². The highest BCUT2D eigenvalue weighted by Gasteiger charge is 2.21. The molecule has 2 N–H and O–H groups in total. The highest BCUT2D eigenvalue weighted by molar-refractivity contribution is 5.95. The van der Waals surface area contributed by atoms with E-state index in [2.05, 4.69) is 16.0 Å². The Morgan fingerprint density at radius 3 is 2.81 bits per heavy atom. The van der Waals surface area contributed by atoms with Crippen LogP contribution in [0.1, 0.15) is 72.5 Å². The van der Waals surface area contributed by atoms with E-state index >= 15 is 0 Å². The second-order valence-electron chi connectivity index (χ2n) is 7.26. The molecule has 5 nitrogen and oxygen atoms in total. The fourth-order valence-electron chi connectivity index (χ4n) is 3.27. The summed E-state index contributed by atoms with van der Waals surface area (Å²) in [5.41, 5.74) is 3.37. The quantitative estimate of drug-likeness (QED) is 0.801. The van der Waals surface area contributed by atoms with Crippen molar-refractivity contribution in [1.29, 1.82) is 5.26 Å². The first kappa shape index (κ1) is 18.1. The van der Waals surface area contributed by atoms with Crippen LogP contribution in [0.25, 0.3) is 5.57 Å². The lowest BCUT2D eigenvalue weighted by Crippen LogP contribution is -2.17. The second-order valence-corrected chi connectivity index (χ2v) is 7.26. The molecule has 0 unspecified atom stereocenters. The van der Waals surface area contributed by atoms with Crippen molar-refractivity contribution < 1.29 is 9.90 Å². The average molecular weight is 349 g/mol. The number of aliphatic hydroxyl groups is 1. The third-order valence-corrected chi connectivity index (χ3v) is 4.76. The van der Waals surface area contributed by atoms with Gasteiger partial charge in [-0.2, -0.15) is 5.26 Å². The number of benzene rings is 1. The number of hydrogen-bond donors (Lipinski definition) is 2. The van der Waals surface area contributed by atoms with Gasteiger partial charge in [-0.15, -0.1) is 0 Å². The van der Waals surface area contributed by atoms with Gasteiger partial charge in [-0.25, -0.2) is 4.98 Å². The smallest absolute Gasteiger partial charge is 0.202 e. The van der Waals surface area contributed by atoms with Gasteiger partial charge in [-0.1, -0.05) is 18.2 Å². The van der Waals surface area contributed by atoms with Gasteiger partial charge in [0.1, 0.15) is 11.8 Å². The zero-order valence-electron chi connectivity index (χ0n) is 15.2. The number of Topliss-reactive ketones (excluding diaryl/α,β-unsaturated/α-hetero) is 1. The van der Waals surface area contributed by atoms with Gasteiger partial charge in [0.15, 0.2) is 5.82 Å². The van der Waals surface area contributed by atoms with E-state index < -0.39 is 5.60 Å². The topological polar surface area (TPSA) is 89.8 Å². The van der Waals surface area contributed by atoms with E-state index in [0.717, 1.165) is 36.0 Å². The van der Waals surface area contributed by atoms with Crippen LogP contribution in [0.4, 0.5) is 0 Å². The van der Waals surface area contributed by atoms with Gasteiger partial charge in [0.25, 0.3) is 0 Å². The number of nitriles is 1. The number of carbonyl (C=O) groups excluding carboxylic acids is 1. The van der Waals surface area contributed by atoms with Crippen LogP contribution in [0, 0.1) is 11.3 Å². The summed E-state index contributed by atoms with van der Waals surface area (Å²) in [6, 6.07) is 7.74. The number of nitrogens with one attached hydrogen (secondary N) is 1. The molecule has 5 heteroatoms. The molecule has 0 radical (unpaired) electrons. The summed E-state index contributed by atoms with van der Waals surface area (Å²) in [7, 11) is 0. The molecule has 0 amide bonds. The standard InChI is InChI=1S/C21H23N3O2/c1-21(2,26)16-9-8-15(18(11-16)14-6-4-3-5-7-14)10-19(25)20-23-13-17(12-22)24-20/h6,8-9,11,13,26H,3-5,7,10H2,1-2H3,(H,23,24). The van der Waals surface area contributed by atoms with Crippen molar-refractivity contribution in [2.75, 3.05) is 0 Å². The van der Waals surface area contributed by atoms with Gasteiger partial charge in [0.05, 0.1) is 11.8 Å². The minimum absolute atomic E-state index is 0.153. The first-order valence-corrected chi connectivity index (χ1v) is 8.92. The molecule has 1 aliphatic carbocycles. The Morgan fingerprint density at radius 2 is 2.19 bits per heavy atom. The van der Waals surface area contributed by atoms with Gasteiger partial charge < -0.3 is 10.1 Å². The van der Waals surface area contributed by atoms with Crippen LogP contribution in [0.5, 0.6) is 0 Å². The second kappa shape index (κ2) is 7.27. The number of aromatic nitrogens is 2. The zero-order valence-corrected chi connectivity index (χ0v) is 15.2. The van der Waals surface area contributed by atoms with Crippen LogP contribution in [0.2, 0.25) is 0 Å². The van der Waals surface area contributed by atoms with Gasteiger partial charge in [0.2, 0.25) is 5.78 Å². The number of H-pyrrole nitrogens is 1. The van der Waals surface area contributed by atoms with Gasteiger partial charge in [-0.3, -0.25) is 4.79 Å². The molecular formula is C21H23N3O2. The maximum Gasteiger partial charge on any atom is 0.202 e. The zero-order chi connectivity index (χ0) is 18.7. The third-order valence-electron chi connectivity index (χ3n) is 4.76. The number of allylic oxidation sites excluding steroid dienone is 2. The van der Waals surface area contributed by atoms with E-state index in [0.29, 0.717) is 0 Å². The fourth-order valence-corrected chi connectivity index (χ4v) is 3.27. The molecule has 2 aromatic rings. The summed E-state index contributed by atoms with van der Waals surface area (Å²) in [5.74, 6) is 0.0526. The molecule has 0 bridgehead atoms. The first-order chi connectivity index (χ1) is 12.4. The third kappa shape index (κ3) is 3.92. The molecule has 1 aliphatic rings. The number of nitrogens with zero attached hydrogens (tertiary/aromatic N) is 2. The molecule has 0 saturated carbocycles. The van der Waals surface area contributed by atoms with Crippen molar-refractivity contribution in [2.24, 2.45) is 0 Å². The Hall–Kier alpha value is -2.71. The highest BCUT2D eigenvalue weighted by atomic mass is 16.3. The van der Waals surface area contributed by atoms with E-state index in [1.165, 1.54) is 18.2 Å². The van der Waals surface area contributed by atoms with Crippen molar-refractivity contribution in [3.8, 4) is 6.07 Å². The number of rotatable bonds is 5. The molecule has 134 valence electrons. The van der Waals surface area contributed by atoms with E-state index in [-0.39, 0.29) is 23.7 Å². The van der Waals surface area contributed by atoms with Crippen molar-refractivity contribution in [3.05, 3.63) is 58.7 Å². The molecule has 0 fully saturated rings. The lowest BCUT2D eigenvalue weighted by atomic mass is 9.85. The molecule has 0 saturated heterocycles. The van der Waals surface area contributed by atoms with Crippen molar-refractivity contribution >= 4 is 11.4 Å². The van der Waals surface area contributed by atoms with Crippen LogP contribution in [-0.4, -0.2) is 20.9 Å². The van der Waals surface area contributed by atoms with E-state index in [9.17, 15) is 9.90 Å². The van der Waals surface area contributed by atoms with Crippen molar-refractivity contribution in [1.82, 2.24) is 9.97 Å². The minimum atomic E-state index is -0.935. The summed E-state index contributed by atoms with van der Waals surface area (Å²) < 4.78 is 0. The van der Waals surface area contributed by atoms with Crippen LogP contribution in [-0.2, 0) is 12.0 Å². The molecule has 0 aliphatic heterocycles. The summed E-state index contributed by atoms with van der Waals surface area (Å²) in [4.78, 5) is 19.3. The summed E-state index contributed by atoms with van der Waals surface area (Å²) in [6.07, 6.45) is 8.16. The fraction of sp³-hybridized carbons (Fsp3) is 0.381. The maximum absolute atomic E-state index is 12.6. The highest BCUT2D eigenvalue weighted by Crippen LogP contribution is 2.32. The molecule has 1 aromatic carbocycles. The predicted octanol–water partition coefficient (Wildman–Crippen LogP) is 3.89. The number of aromatic amines is 1. The van der Waals surface area contributed by atoms with Gasteiger partial charge in [0, 0.05) is 6.42 Å². The number of carbonyl (C=O) groups is 1. The molecule has 1 aromatic heterocycles. The number of hydrogen-bond acceptors (Lipinski definition) is 4. The van der Waals surface area contributed by atoms with Gasteiger partial charge in [-0.05, 0) is 67.9 Å². The Bertz CT molecular complexity index is 895. The average Bonchev–Trinajstić information content (AvgIpc) is 3.11. The summed E-state index contributed by atoms with van der Waals surface area (Å²) in [6.45, 7) is 3.52. The molecule has 0 spiro atoms. The predicted molar refractivity (Wildman–Crippen MR) is 99.5 cm³/mol. The normalized spacial score (nSPS) is 14.6. The van der Waals surface area contributed by atoms with Gasteiger partial charge >= 0.3 is 0 Å². The van der Waals surface area contributed by atoms with Crippen molar-refractivity contribution in [3.63, 3.8) is 0 Å². The van der Waals surface area contributed by atoms with E-state index in [4.69, 9.17) is 5.26 Å². The Morgan fingerprint density at radius 1 is 1.38 bits per heavy atom. The summed E-state index contributed by atoms with van der Waals surface area (Å²) >= 11 is 0. The first-order valence-electron chi connectivity index (χ1n) is 8.92. The number of imidazole rings is 1. The largest absolute Gasteiger partial charge is 0.386 e. The number of ketones is 1. The van der Waals surface area contributed by atoms with E-state index in [1.54, 1.807) is 13.8 Å². The monoisotopic (exact) mass is 349 g/mol. The lowest BCUT2D eigenvalue weighted by molar-refractivity contribution is 0.0785. The molecule has 1 heterocycles. The Labute approximate surface area is 153 Å². The maximum atomic E-state index is 12.6. The van der Waals surface area contributed by atoms with Crippen LogP contribution < -0.4 is 0 Å². The molecule has 3 rings (SSSR count). The molecule has 0 atom stereocenters. The van der Waals surface area contributed by atoms with E-state index in [1.807, 2.05) is 24.3 Å². The SMILES string of the molecule is CC(C)(O)c1ccc(CC(=O)c2ncc(C#N)[nH]2)c(C2=CCCCC2)c1. The van der Waals surface area contributed by atoms with Crippen LogP contribution >= 0.6 is 0 Å². The molecular weight excluding hydrogens is 326 g/mol. The summed E-state index contributed by atoms with van der Waals surface area (Å²) in [5, 5.41) is 19.2. The minimum Gasteiger partial charge on any atom is -0.386 e. The molecule has 26 heavy (non-hydrogen) atoms.